The minimum atomic E-state index is 0.641. The van der Waals surface area contributed by atoms with Crippen LogP contribution in [-0.4, -0.2) is 14.1 Å². The lowest BCUT2D eigenvalue weighted by atomic mass is 10.0. The Bertz CT molecular complexity index is 2060. The molecule has 0 atom stereocenters. The van der Waals surface area contributed by atoms with Crippen molar-refractivity contribution < 1.29 is 0 Å². The number of hydrogen-bond donors (Lipinski definition) is 0. The number of aromatic nitrogens is 3. The number of rotatable bonds is 3. The summed E-state index contributed by atoms with van der Waals surface area (Å²) in [6.07, 6.45) is 3.80. The first kappa shape index (κ1) is 22.3. The first-order chi connectivity index (χ1) is 19.8. The van der Waals surface area contributed by atoms with Crippen LogP contribution in [0.5, 0.6) is 0 Å². The van der Waals surface area contributed by atoms with Gasteiger partial charge in [-0.1, -0.05) is 66.7 Å². The third kappa shape index (κ3) is 3.28. The summed E-state index contributed by atoms with van der Waals surface area (Å²) in [4.78, 5) is 4.49. The van der Waals surface area contributed by atoms with Gasteiger partial charge in [-0.2, -0.15) is 5.26 Å². The highest BCUT2D eigenvalue weighted by molar-refractivity contribution is 6.10. The number of para-hydroxylation sites is 3. The Kier molecular flexibility index (Phi) is 4.85. The predicted molar refractivity (Wildman–Crippen MR) is 163 cm³/mol. The number of nitrogens with zero attached hydrogens (tertiary/aromatic N) is 4. The SMILES string of the molecule is N#Cc1cccc(-c2cc(-n3c4ccccc4c4ccccc43)cc(-n3c4ccccc4c4ccncc43)c2)c1. The molecule has 5 aromatic carbocycles. The Morgan fingerprint density at radius 2 is 1.05 bits per heavy atom. The van der Waals surface area contributed by atoms with E-state index < -0.39 is 0 Å². The van der Waals surface area contributed by atoms with Gasteiger partial charge in [0, 0.05) is 39.1 Å². The van der Waals surface area contributed by atoms with Gasteiger partial charge in [-0.3, -0.25) is 4.98 Å². The van der Waals surface area contributed by atoms with Crippen LogP contribution in [0.1, 0.15) is 5.56 Å². The average molecular weight is 511 g/mol. The van der Waals surface area contributed by atoms with Crippen LogP contribution in [0.25, 0.3) is 66.1 Å². The largest absolute Gasteiger partial charge is 0.309 e. The molecular weight excluding hydrogens is 488 g/mol. The zero-order chi connectivity index (χ0) is 26.6. The van der Waals surface area contributed by atoms with Crippen LogP contribution in [-0.2, 0) is 0 Å². The maximum Gasteiger partial charge on any atom is 0.0991 e. The number of nitriles is 1. The summed E-state index contributed by atoms with van der Waals surface area (Å²) in [7, 11) is 0. The van der Waals surface area contributed by atoms with E-state index in [1.54, 1.807) is 0 Å². The number of pyridine rings is 1. The second-order valence-electron chi connectivity index (χ2n) is 10.0. The zero-order valence-electron chi connectivity index (χ0n) is 21.5. The van der Waals surface area contributed by atoms with Gasteiger partial charge in [0.1, 0.15) is 0 Å². The Hall–Kier alpha value is -5.66. The second-order valence-corrected chi connectivity index (χ2v) is 10.0. The van der Waals surface area contributed by atoms with E-state index in [-0.39, 0.29) is 0 Å². The van der Waals surface area contributed by atoms with E-state index in [4.69, 9.17) is 0 Å². The van der Waals surface area contributed by atoms with Crippen molar-refractivity contribution >= 4 is 43.6 Å². The molecule has 0 amide bonds. The van der Waals surface area contributed by atoms with Crippen molar-refractivity contribution in [3.05, 3.63) is 139 Å². The summed E-state index contributed by atoms with van der Waals surface area (Å²) in [6.45, 7) is 0. The lowest BCUT2D eigenvalue weighted by molar-refractivity contribution is 1.13. The summed E-state index contributed by atoms with van der Waals surface area (Å²) >= 11 is 0. The normalized spacial score (nSPS) is 11.5. The van der Waals surface area contributed by atoms with Crippen molar-refractivity contribution in [1.29, 1.82) is 5.26 Å². The van der Waals surface area contributed by atoms with Gasteiger partial charge in [-0.15, -0.1) is 0 Å². The molecular formula is C36H22N4. The van der Waals surface area contributed by atoms with Gasteiger partial charge in [0.2, 0.25) is 0 Å². The Labute approximate surface area is 230 Å². The quantitative estimate of drug-likeness (QED) is 0.238. The number of benzene rings is 5. The van der Waals surface area contributed by atoms with Crippen molar-refractivity contribution in [2.24, 2.45) is 0 Å². The summed E-state index contributed by atoms with van der Waals surface area (Å²) in [5.41, 5.74) is 9.27. The van der Waals surface area contributed by atoms with Gasteiger partial charge in [0.25, 0.3) is 0 Å². The first-order valence-electron chi connectivity index (χ1n) is 13.3. The van der Waals surface area contributed by atoms with Crippen molar-refractivity contribution in [2.75, 3.05) is 0 Å². The molecule has 0 saturated heterocycles. The van der Waals surface area contributed by atoms with Crippen molar-refractivity contribution in [1.82, 2.24) is 14.1 Å². The summed E-state index contributed by atoms with van der Waals surface area (Å²) in [6, 6.07) is 44.5. The van der Waals surface area contributed by atoms with Crippen LogP contribution >= 0.6 is 0 Å². The van der Waals surface area contributed by atoms with Gasteiger partial charge in [0.05, 0.1) is 39.9 Å². The fourth-order valence-corrected chi connectivity index (χ4v) is 6.09. The highest BCUT2D eigenvalue weighted by Crippen LogP contribution is 2.37. The zero-order valence-corrected chi connectivity index (χ0v) is 21.5. The van der Waals surface area contributed by atoms with Crippen molar-refractivity contribution in [3.8, 4) is 28.6 Å². The number of hydrogen-bond acceptors (Lipinski definition) is 2. The molecule has 4 heteroatoms. The lowest BCUT2D eigenvalue weighted by Gasteiger charge is -2.16. The summed E-state index contributed by atoms with van der Waals surface area (Å²) in [5.74, 6) is 0. The van der Waals surface area contributed by atoms with E-state index in [1.807, 2.05) is 30.6 Å². The molecule has 0 aliphatic rings. The van der Waals surface area contributed by atoms with E-state index in [0.29, 0.717) is 5.56 Å². The van der Waals surface area contributed by atoms with Gasteiger partial charge in [-0.05, 0) is 65.7 Å². The molecule has 0 aliphatic heterocycles. The van der Waals surface area contributed by atoms with Crippen molar-refractivity contribution in [3.63, 3.8) is 0 Å². The average Bonchev–Trinajstić information content (AvgIpc) is 3.54. The molecule has 0 unspecified atom stereocenters. The molecule has 40 heavy (non-hydrogen) atoms. The minimum Gasteiger partial charge on any atom is -0.309 e. The third-order valence-corrected chi connectivity index (χ3v) is 7.80. The van der Waals surface area contributed by atoms with Gasteiger partial charge in [-0.25, -0.2) is 0 Å². The molecule has 0 N–H and O–H groups in total. The summed E-state index contributed by atoms with van der Waals surface area (Å²) < 4.78 is 4.64. The Morgan fingerprint density at radius 1 is 0.500 bits per heavy atom. The maximum atomic E-state index is 9.63. The molecule has 8 rings (SSSR count). The molecule has 0 fully saturated rings. The minimum absolute atomic E-state index is 0.641. The highest BCUT2D eigenvalue weighted by Gasteiger charge is 2.17. The van der Waals surface area contributed by atoms with E-state index in [2.05, 4.69) is 123 Å². The van der Waals surface area contributed by atoms with Crippen LogP contribution in [0.3, 0.4) is 0 Å². The highest BCUT2D eigenvalue weighted by atomic mass is 15.0. The second kappa shape index (κ2) is 8.69. The lowest BCUT2D eigenvalue weighted by Crippen LogP contribution is -2.00. The Morgan fingerprint density at radius 3 is 1.65 bits per heavy atom. The van der Waals surface area contributed by atoms with Crippen molar-refractivity contribution in [2.45, 2.75) is 0 Å². The molecule has 0 saturated carbocycles. The number of fused-ring (bicyclic) bond motifs is 6. The summed E-state index contributed by atoms with van der Waals surface area (Å²) in [5, 5.41) is 14.4. The predicted octanol–water partition coefficient (Wildman–Crippen LogP) is 8.81. The standard InChI is InChI=1S/C36H22N4/c37-22-24-8-7-9-25(18-24)26-19-27(39-33-13-4-1-10-29(33)30-11-2-5-14-34(30)39)21-28(20-26)40-35-15-6-3-12-31(35)32-16-17-38-23-36(32)40/h1-21,23H. The monoisotopic (exact) mass is 510 g/mol. The molecule has 0 radical (unpaired) electrons. The van der Waals surface area contributed by atoms with Crippen LogP contribution in [0, 0.1) is 11.3 Å². The van der Waals surface area contributed by atoms with Crippen LogP contribution in [0.4, 0.5) is 0 Å². The fourth-order valence-electron chi connectivity index (χ4n) is 6.09. The molecule has 186 valence electrons. The van der Waals surface area contributed by atoms with E-state index >= 15 is 0 Å². The van der Waals surface area contributed by atoms with Crippen LogP contribution in [0.15, 0.2) is 134 Å². The maximum absolute atomic E-state index is 9.63. The fraction of sp³-hybridized carbons (Fsp3) is 0. The van der Waals surface area contributed by atoms with Gasteiger partial charge >= 0.3 is 0 Å². The molecule has 3 aromatic heterocycles. The molecule has 0 aliphatic carbocycles. The van der Waals surface area contributed by atoms with E-state index in [1.165, 1.54) is 21.5 Å². The molecule has 0 bridgehead atoms. The first-order valence-corrected chi connectivity index (χ1v) is 13.3. The van der Waals surface area contributed by atoms with Crippen LogP contribution < -0.4 is 0 Å². The van der Waals surface area contributed by atoms with Gasteiger partial charge in [0.15, 0.2) is 0 Å². The van der Waals surface area contributed by atoms with Crippen LogP contribution in [0.2, 0.25) is 0 Å². The Balaban J connectivity index is 1.51. The van der Waals surface area contributed by atoms with E-state index in [9.17, 15) is 5.26 Å². The smallest absolute Gasteiger partial charge is 0.0991 e. The molecule has 4 nitrogen and oxygen atoms in total. The molecule has 3 heterocycles. The molecule has 8 aromatic rings. The molecule has 0 spiro atoms. The topological polar surface area (TPSA) is 46.5 Å². The van der Waals surface area contributed by atoms with E-state index in [0.717, 1.165) is 44.6 Å². The third-order valence-electron chi connectivity index (χ3n) is 7.80. The van der Waals surface area contributed by atoms with Gasteiger partial charge < -0.3 is 9.13 Å².